The zero-order valence-corrected chi connectivity index (χ0v) is 44.0. The van der Waals surface area contributed by atoms with Crippen LogP contribution in [-0.4, -0.2) is 21.1 Å². The van der Waals surface area contributed by atoms with Crippen LogP contribution in [0.25, 0.3) is 75.9 Å². The van der Waals surface area contributed by atoms with Crippen LogP contribution in [0.15, 0.2) is 297 Å². The van der Waals surface area contributed by atoms with E-state index in [1.54, 1.807) is 0 Å². The maximum absolute atomic E-state index is 5.09. The molecular formula is C71H49NSSi2. The van der Waals surface area contributed by atoms with Gasteiger partial charge in [0.25, 0.3) is 0 Å². The van der Waals surface area contributed by atoms with Gasteiger partial charge in [0, 0.05) is 37.5 Å². The topological polar surface area (TPSA) is 12.9 Å². The Morgan fingerprint density at radius 3 is 1.25 bits per heavy atom. The van der Waals surface area contributed by atoms with Crippen LogP contribution in [0, 0.1) is 0 Å². The Morgan fingerprint density at radius 1 is 0.253 bits per heavy atom. The zero-order valence-electron chi connectivity index (χ0n) is 41.1. The van der Waals surface area contributed by atoms with Gasteiger partial charge in [-0.15, -0.1) is 11.3 Å². The van der Waals surface area contributed by atoms with E-state index < -0.39 is 16.1 Å². The first kappa shape index (κ1) is 44.9. The number of pyridine rings is 1. The summed E-state index contributed by atoms with van der Waals surface area (Å²) < 4.78 is 2.65. The Labute approximate surface area is 444 Å². The molecule has 0 amide bonds. The highest BCUT2D eigenvalue weighted by Crippen LogP contribution is 2.47. The van der Waals surface area contributed by atoms with Crippen molar-refractivity contribution < 1.29 is 0 Å². The van der Waals surface area contributed by atoms with E-state index in [1.165, 1.54) is 101 Å². The Bertz CT molecular complexity index is 4140. The van der Waals surface area contributed by atoms with E-state index in [2.05, 4.69) is 291 Å². The molecule has 0 spiro atoms. The average Bonchev–Trinajstić information content (AvgIpc) is 3.88. The molecule has 11 aromatic carbocycles. The van der Waals surface area contributed by atoms with E-state index in [9.17, 15) is 0 Å². The Balaban J connectivity index is 1.02. The minimum atomic E-state index is -3.09. The molecule has 2 aromatic heterocycles. The van der Waals surface area contributed by atoms with Gasteiger partial charge < -0.3 is 0 Å². The third-order valence-corrected chi connectivity index (χ3v) is 26.6. The maximum Gasteiger partial charge on any atom is 0.179 e. The van der Waals surface area contributed by atoms with Gasteiger partial charge in [0.1, 0.15) is 0 Å². The first-order valence-corrected chi connectivity index (χ1v) is 30.7. The fourth-order valence-electron chi connectivity index (χ4n) is 12.6. The molecule has 14 rings (SSSR count). The van der Waals surface area contributed by atoms with Crippen molar-refractivity contribution >= 4 is 89.2 Å². The number of nitrogens with zero attached hydrogens (tertiary/aromatic N) is 1. The van der Waals surface area contributed by atoms with E-state index in [-0.39, 0.29) is 0 Å². The summed E-state index contributed by atoms with van der Waals surface area (Å²) in [4.78, 5) is 5.09. The van der Waals surface area contributed by atoms with Crippen molar-refractivity contribution in [1.29, 1.82) is 0 Å². The van der Waals surface area contributed by atoms with E-state index >= 15 is 0 Å². The molecule has 0 atom stereocenters. The van der Waals surface area contributed by atoms with Crippen LogP contribution >= 0.6 is 11.3 Å². The first-order chi connectivity index (χ1) is 37.2. The van der Waals surface area contributed by atoms with Gasteiger partial charge in [0.05, 0.1) is 5.69 Å². The summed E-state index contributed by atoms with van der Waals surface area (Å²) in [6.45, 7) is 0. The van der Waals surface area contributed by atoms with E-state index in [0.29, 0.717) is 0 Å². The van der Waals surface area contributed by atoms with Crippen LogP contribution in [0.1, 0.15) is 0 Å². The second-order valence-corrected chi connectivity index (χ2v) is 28.3. The van der Waals surface area contributed by atoms with Crippen LogP contribution < -0.4 is 41.5 Å². The van der Waals surface area contributed by atoms with Gasteiger partial charge in [0.15, 0.2) is 16.1 Å². The molecule has 2 heterocycles. The number of rotatable bonds is 9. The van der Waals surface area contributed by atoms with Crippen molar-refractivity contribution in [2.24, 2.45) is 0 Å². The zero-order chi connectivity index (χ0) is 49.8. The highest BCUT2D eigenvalue weighted by Gasteiger charge is 2.45. The fraction of sp³-hybridized carbons (Fsp3) is 0. The highest BCUT2D eigenvalue weighted by molar-refractivity contribution is 7.26. The smallest absolute Gasteiger partial charge is 0.179 e. The Morgan fingerprint density at radius 2 is 0.653 bits per heavy atom. The van der Waals surface area contributed by atoms with Crippen molar-refractivity contribution in [3.05, 3.63) is 297 Å². The van der Waals surface area contributed by atoms with Crippen LogP contribution in [0.2, 0.25) is 0 Å². The lowest BCUT2D eigenvalue weighted by molar-refractivity contribution is 1.32. The summed E-state index contributed by atoms with van der Waals surface area (Å²) in [5, 5.41) is 13.4. The second-order valence-electron chi connectivity index (χ2n) is 19.7. The number of fused-ring (bicyclic) bond motifs is 11. The molecule has 0 fully saturated rings. The lowest BCUT2D eigenvalue weighted by Gasteiger charge is -2.37. The van der Waals surface area contributed by atoms with Crippen LogP contribution in [0.3, 0.4) is 0 Å². The van der Waals surface area contributed by atoms with Gasteiger partial charge in [-0.05, 0) is 92.6 Å². The van der Waals surface area contributed by atoms with Crippen LogP contribution in [-0.2, 0) is 0 Å². The maximum atomic E-state index is 5.09. The lowest BCUT2D eigenvalue weighted by Crippen LogP contribution is -2.76. The lowest BCUT2D eigenvalue weighted by atomic mass is 9.83. The van der Waals surface area contributed by atoms with Gasteiger partial charge in [0.2, 0.25) is 0 Å². The molecule has 75 heavy (non-hydrogen) atoms. The van der Waals surface area contributed by atoms with Crippen LogP contribution in [0.4, 0.5) is 0 Å². The molecule has 0 radical (unpaired) electrons. The summed E-state index contributed by atoms with van der Waals surface area (Å²) in [5.41, 5.74) is 11.9. The summed E-state index contributed by atoms with van der Waals surface area (Å²) >= 11 is 1.90. The molecule has 0 bridgehead atoms. The number of benzene rings is 11. The van der Waals surface area contributed by atoms with Gasteiger partial charge in [-0.3, -0.25) is 4.98 Å². The molecule has 0 aliphatic heterocycles. The largest absolute Gasteiger partial charge is 0.256 e. The second kappa shape index (κ2) is 18.6. The molecule has 0 saturated heterocycles. The predicted molar refractivity (Wildman–Crippen MR) is 325 cm³/mol. The van der Waals surface area contributed by atoms with E-state index in [0.717, 1.165) is 16.8 Å². The molecule has 1 aliphatic rings. The van der Waals surface area contributed by atoms with Gasteiger partial charge in [-0.1, -0.05) is 279 Å². The monoisotopic (exact) mass is 1000 g/mol. The molecule has 0 unspecified atom stereocenters. The molecule has 0 N–H and O–H groups in total. The van der Waals surface area contributed by atoms with Crippen molar-refractivity contribution in [3.8, 4) is 55.8 Å². The molecule has 0 saturated carbocycles. The molecular weight excluding hydrogens is 955 g/mol. The Kier molecular flexibility index (Phi) is 11.1. The van der Waals surface area contributed by atoms with Crippen molar-refractivity contribution in [2.75, 3.05) is 0 Å². The number of thiophene rings is 1. The predicted octanol–water partition coefficient (Wildman–Crippen LogP) is 12.9. The number of aromatic nitrogens is 1. The fourth-order valence-corrected chi connectivity index (χ4v) is 23.3. The van der Waals surface area contributed by atoms with Gasteiger partial charge >= 0.3 is 0 Å². The molecule has 352 valence electrons. The first-order valence-electron chi connectivity index (χ1n) is 25.8. The standard InChI is InChI=1S/C71H49NSSi2/c1-5-23-51(24-6-1)74(52-25-7-2-8-26-52,57-31-19-22-50(48-57)59-37-20-38-67-64-35-17-18-40-69(64)73-71(59)67)55-41-43-56(44-42-55)75(53-27-9-3-10-28-53,54-29-11-4-12-30-54)58-45-46-63-66-39-21-47-72-70(66)65-36-16-15-33-61(65)60-32-13-14-34-62(60)68(63)49-58/h1-49H. The average molecular weight is 1000 g/mol. The van der Waals surface area contributed by atoms with Crippen molar-refractivity contribution in [2.45, 2.75) is 0 Å². The SMILES string of the molecule is c1ccc([Si](c2ccccc2)(c2ccc([Si](c3ccccc3)(c3ccccc3)c3ccc4c(c3)-c3ccccc3-c3ccccc3-c3ncccc3-4)cc2)c2cccc(-c3cccc4c3sc3ccccc34)c2)cc1. The minimum Gasteiger partial charge on any atom is -0.256 e. The summed E-state index contributed by atoms with van der Waals surface area (Å²) in [5.74, 6) is 0. The Hall–Kier alpha value is -8.78. The van der Waals surface area contributed by atoms with Gasteiger partial charge in [-0.2, -0.15) is 0 Å². The van der Waals surface area contributed by atoms with Crippen LogP contribution in [0.5, 0.6) is 0 Å². The van der Waals surface area contributed by atoms with Crippen molar-refractivity contribution in [1.82, 2.24) is 4.98 Å². The third-order valence-electron chi connectivity index (χ3n) is 15.8. The van der Waals surface area contributed by atoms with Gasteiger partial charge in [-0.25, -0.2) is 0 Å². The minimum absolute atomic E-state index is 1.01. The summed E-state index contributed by atoms with van der Waals surface area (Å²) in [6, 6.07) is 110. The molecule has 1 nitrogen and oxygen atoms in total. The quantitative estimate of drug-likeness (QED) is 0.104. The third kappa shape index (κ3) is 7.21. The number of hydrogen-bond acceptors (Lipinski definition) is 2. The molecule has 1 aliphatic carbocycles. The molecule has 4 heteroatoms. The van der Waals surface area contributed by atoms with Crippen molar-refractivity contribution in [3.63, 3.8) is 0 Å². The normalized spacial score (nSPS) is 12.0. The molecule has 13 aromatic rings. The highest BCUT2D eigenvalue weighted by atomic mass is 32.1. The number of hydrogen-bond donors (Lipinski definition) is 0. The summed E-state index contributed by atoms with van der Waals surface area (Å²) in [7, 11) is -6.09. The summed E-state index contributed by atoms with van der Waals surface area (Å²) in [6.07, 6.45) is 1.93. The van der Waals surface area contributed by atoms with E-state index in [1.807, 2.05) is 17.5 Å². The van der Waals surface area contributed by atoms with E-state index in [4.69, 9.17) is 4.98 Å².